The molecule has 2 rings (SSSR count). The second-order valence-electron chi connectivity index (χ2n) is 3.65. The molecule has 54 valence electrons. The van der Waals surface area contributed by atoms with Gasteiger partial charge in [-0.3, -0.25) is 0 Å². The minimum absolute atomic E-state index is 0.419. The Morgan fingerprint density at radius 2 is 2.30 bits per heavy atom. The molecule has 0 aromatic rings. The highest BCUT2D eigenvalue weighted by Crippen LogP contribution is 2.50. The molecule has 1 heteroatoms. The Bertz CT molecular complexity index is 191. The zero-order valence-electron chi connectivity index (χ0n) is 6.01. The highest BCUT2D eigenvalue weighted by atomic mass is 16.3. The van der Waals surface area contributed by atoms with Crippen LogP contribution in [0.5, 0.6) is 0 Å². The van der Waals surface area contributed by atoms with Gasteiger partial charge in [0.2, 0.25) is 0 Å². The van der Waals surface area contributed by atoms with Crippen LogP contribution in [0.1, 0.15) is 25.7 Å². The zero-order valence-corrected chi connectivity index (χ0v) is 6.01. The normalized spacial score (nSPS) is 51.2. The summed E-state index contributed by atoms with van der Waals surface area (Å²) in [7, 11) is 0. The highest BCUT2D eigenvalue weighted by molar-refractivity contribution is 5.17. The minimum atomic E-state index is -0.719. The Labute approximate surface area is 61.4 Å². The van der Waals surface area contributed by atoms with Crippen LogP contribution < -0.4 is 0 Å². The first-order valence-corrected chi connectivity index (χ1v) is 3.95. The Hall–Kier alpha value is -0.480. The predicted molar refractivity (Wildman–Crippen MR) is 39.2 cm³/mol. The van der Waals surface area contributed by atoms with Gasteiger partial charge in [0.1, 0.15) is 5.60 Å². The van der Waals surface area contributed by atoms with Gasteiger partial charge in [-0.05, 0) is 37.5 Å². The van der Waals surface area contributed by atoms with E-state index in [0.717, 1.165) is 18.8 Å². The van der Waals surface area contributed by atoms with Crippen LogP contribution in [-0.4, -0.2) is 10.7 Å². The molecule has 0 spiro atoms. The average Bonchev–Trinajstić information content (AvgIpc) is 2.46. The van der Waals surface area contributed by atoms with Gasteiger partial charge < -0.3 is 5.11 Å². The van der Waals surface area contributed by atoms with E-state index in [2.05, 4.69) is 5.92 Å². The van der Waals surface area contributed by atoms with E-state index in [0.29, 0.717) is 5.92 Å². The third-order valence-electron chi connectivity index (χ3n) is 3.07. The molecular weight excluding hydrogens is 124 g/mol. The van der Waals surface area contributed by atoms with Gasteiger partial charge in [0.25, 0.3) is 0 Å². The average molecular weight is 136 g/mol. The lowest BCUT2D eigenvalue weighted by molar-refractivity contribution is 0.0439. The highest BCUT2D eigenvalue weighted by Gasteiger charge is 2.48. The topological polar surface area (TPSA) is 20.2 Å². The van der Waals surface area contributed by atoms with Crippen molar-refractivity contribution in [2.75, 3.05) is 0 Å². The van der Waals surface area contributed by atoms with E-state index in [1.165, 1.54) is 12.8 Å². The number of fused-ring (bicyclic) bond motifs is 2. The predicted octanol–water partition coefficient (Wildman–Crippen LogP) is 1.17. The van der Waals surface area contributed by atoms with Crippen molar-refractivity contribution in [1.29, 1.82) is 0 Å². The van der Waals surface area contributed by atoms with E-state index in [9.17, 15) is 5.11 Å². The molecule has 2 aliphatic carbocycles. The van der Waals surface area contributed by atoms with Gasteiger partial charge in [0, 0.05) is 0 Å². The molecule has 10 heavy (non-hydrogen) atoms. The lowest BCUT2D eigenvalue weighted by Crippen LogP contribution is -2.32. The van der Waals surface area contributed by atoms with E-state index in [-0.39, 0.29) is 0 Å². The van der Waals surface area contributed by atoms with E-state index < -0.39 is 5.60 Å². The minimum Gasteiger partial charge on any atom is -0.377 e. The summed E-state index contributed by atoms with van der Waals surface area (Å²) in [5.41, 5.74) is -0.719. The number of terminal acetylenes is 1. The summed E-state index contributed by atoms with van der Waals surface area (Å²) in [5.74, 6) is 3.67. The van der Waals surface area contributed by atoms with Crippen LogP contribution in [0.4, 0.5) is 0 Å². The van der Waals surface area contributed by atoms with Crippen LogP contribution in [0.25, 0.3) is 0 Å². The molecule has 0 radical (unpaired) electrons. The number of aliphatic hydroxyl groups is 1. The molecule has 0 heterocycles. The Morgan fingerprint density at radius 1 is 1.50 bits per heavy atom. The lowest BCUT2D eigenvalue weighted by atomic mass is 9.85. The molecule has 3 atom stereocenters. The SMILES string of the molecule is C#C[C@@]1(O)C[C@H]2CC[C@H]1C2. The standard InChI is InChI=1S/C9H12O/c1-2-9(10)6-7-3-4-8(9)5-7/h1,7-8,10H,3-6H2/t7-,8-,9+/m0/s1. The second-order valence-corrected chi connectivity index (χ2v) is 3.65. The van der Waals surface area contributed by atoms with E-state index in [1.54, 1.807) is 0 Å². The van der Waals surface area contributed by atoms with Crippen molar-refractivity contribution >= 4 is 0 Å². The zero-order chi connectivity index (χ0) is 7.19. The summed E-state index contributed by atoms with van der Waals surface area (Å²) in [6, 6.07) is 0. The molecule has 0 aliphatic heterocycles. The fourth-order valence-corrected chi connectivity index (χ4v) is 2.48. The first kappa shape index (κ1) is 6.24. The molecular formula is C9H12O. The molecule has 0 amide bonds. The van der Waals surface area contributed by atoms with Crippen molar-refractivity contribution in [1.82, 2.24) is 0 Å². The Morgan fingerprint density at radius 3 is 2.60 bits per heavy atom. The fourth-order valence-electron chi connectivity index (χ4n) is 2.48. The third kappa shape index (κ3) is 0.630. The monoisotopic (exact) mass is 136 g/mol. The van der Waals surface area contributed by atoms with E-state index in [1.807, 2.05) is 0 Å². The largest absolute Gasteiger partial charge is 0.377 e. The van der Waals surface area contributed by atoms with Crippen molar-refractivity contribution < 1.29 is 5.11 Å². The fraction of sp³-hybridized carbons (Fsp3) is 0.778. The van der Waals surface area contributed by atoms with Crippen molar-refractivity contribution in [3.8, 4) is 12.3 Å². The summed E-state index contributed by atoms with van der Waals surface area (Å²) < 4.78 is 0. The van der Waals surface area contributed by atoms with Gasteiger partial charge in [-0.2, -0.15) is 0 Å². The van der Waals surface area contributed by atoms with Gasteiger partial charge in [-0.1, -0.05) is 5.92 Å². The second kappa shape index (κ2) is 1.77. The number of hydrogen-bond acceptors (Lipinski definition) is 1. The summed E-state index contributed by atoms with van der Waals surface area (Å²) in [6.45, 7) is 0. The van der Waals surface area contributed by atoms with Crippen LogP contribution in [0.15, 0.2) is 0 Å². The molecule has 2 fully saturated rings. The molecule has 2 saturated carbocycles. The molecule has 0 aromatic heterocycles. The van der Waals surface area contributed by atoms with Crippen molar-refractivity contribution in [2.45, 2.75) is 31.3 Å². The summed E-state index contributed by atoms with van der Waals surface area (Å²) >= 11 is 0. The van der Waals surface area contributed by atoms with Crippen LogP contribution in [0.3, 0.4) is 0 Å². The van der Waals surface area contributed by atoms with Gasteiger partial charge in [0.15, 0.2) is 0 Å². The first-order valence-electron chi connectivity index (χ1n) is 3.95. The molecule has 2 aliphatic rings. The summed E-state index contributed by atoms with van der Waals surface area (Å²) in [6.07, 6.45) is 9.71. The first-order chi connectivity index (χ1) is 4.74. The molecule has 0 saturated heterocycles. The maximum atomic E-state index is 9.75. The van der Waals surface area contributed by atoms with Gasteiger partial charge >= 0.3 is 0 Å². The molecule has 0 unspecified atom stereocenters. The number of rotatable bonds is 0. The Kier molecular flexibility index (Phi) is 1.10. The van der Waals surface area contributed by atoms with Gasteiger partial charge in [-0.25, -0.2) is 0 Å². The van der Waals surface area contributed by atoms with Crippen LogP contribution in [-0.2, 0) is 0 Å². The van der Waals surface area contributed by atoms with E-state index in [4.69, 9.17) is 6.42 Å². The molecule has 0 aromatic carbocycles. The van der Waals surface area contributed by atoms with Crippen LogP contribution in [0.2, 0.25) is 0 Å². The summed E-state index contributed by atoms with van der Waals surface area (Å²) in [4.78, 5) is 0. The number of hydrogen-bond donors (Lipinski definition) is 1. The molecule has 2 bridgehead atoms. The lowest BCUT2D eigenvalue weighted by Gasteiger charge is -2.26. The van der Waals surface area contributed by atoms with Gasteiger partial charge in [0.05, 0.1) is 0 Å². The van der Waals surface area contributed by atoms with Crippen LogP contribution in [0, 0.1) is 24.2 Å². The molecule has 1 nitrogen and oxygen atoms in total. The summed E-state index contributed by atoms with van der Waals surface area (Å²) in [5, 5.41) is 9.75. The van der Waals surface area contributed by atoms with E-state index >= 15 is 0 Å². The van der Waals surface area contributed by atoms with Crippen molar-refractivity contribution in [3.05, 3.63) is 0 Å². The maximum absolute atomic E-state index is 9.75. The Balaban J connectivity index is 2.24. The van der Waals surface area contributed by atoms with Gasteiger partial charge in [-0.15, -0.1) is 6.42 Å². The van der Waals surface area contributed by atoms with Crippen molar-refractivity contribution in [3.63, 3.8) is 0 Å². The third-order valence-corrected chi connectivity index (χ3v) is 3.07. The smallest absolute Gasteiger partial charge is 0.128 e. The maximum Gasteiger partial charge on any atom is 0.128 e. The molecule has 1 N–H and O–H groups in total. The van der Waals surface area contributed by atoms with Crippen LogP contribution >= 0.6 is 0 Å². The van der Waals surface area contributed by atoms with Crippen molar-refractivity contribution in [2.24, 2.45) is 11.8 Å². The quantitative estimate of drug-likeness (QED) is 0.496.